The monoisotopic (exact) mass is 583 g/mol. The summed E-state index contributed by atoms with van der Waals surface area (Å²) in [5.74, 6) is -1.26. The molecule has 4 atom stereocenters. The summed E-state index contributed by atoms with van der Waals surface area (Å²) in [5, 5.41) is 12.9. The Labute approximate surface area is 247 Å². The van der Waals surface area contributed by atoms with Crippen molar-refractivity contribution >= 4 is 17.7 Å². The van der Waals surface area contributed by atoms with E-state index in [9.17, 15) is 24.4 Å². The Hall–Kier alpha value is -4.76. The van der Waals surface area contributed by atoms with Gasteiger partial charge in [-0.1, -0.05) is 12.1 Å². The highest BCUT2D eigenvalue weighted by molar-refractivity contribution is 5.94. The molecule has 6 rings (SSSR count). The number of aryl methyl sites for hydroxylation is 3. The van der Waals surface area contributed by atoms with Gasteiger partial charge in [0.25, 0.3) is 0 Å². The molecular formula is C31H33N7O5. The van der Waals surface area contributed by atoms with Gasteiger partial charge in [-0.05, 0) is 91.5 Å². The van der Waals surface area contributed by atoms with Gasteiger partial charge in [0.15, 0.2) is 5.82 Å². The first-order valence-electron chi connectivity index (χ1n) is 14.4. The van der Waals surface area contributed by atoms with Crippen molar-refractivity contribution in [2.24, 2.45) is 24.4 Å². The molecule has 2 fully saturated rings. The number of nitriles is 1. The van der Waals surface area contributed by atoms with Crippen LogP contribution in [0.4, 0.5) is 0 Å². The highest BCUT2D eigenvalue weighted by Crippen LogP contribution is 2.48. The average Bonchev–Trinajstić information content (AvgIpc) is 3.54. The largest absolute Gasteiger partial charge is 0.459 e. The van der Waals surface area contributed by atoms with Gasteiger partial charge in [0.1, 0.15) is 6.04 Å². The van der Waals surface area contributed by atoms with Gasteiger partial charge in [-0.15, -0.1) is 0 Å². The summed E-state index contributed by atoms with van der Waals surface area (Å²) in [6.45, 7) is 1.98. The third-order valence-corrected chi connectivity index (χ3v) is 9.21. The number of hydrogen-bond donors (Lipinski definition) is 3. The van der Waals surface area contributed by atoms with Gasteiger partial charge >= 0.3 is 5.76 Å². The molecule has 43 heavy (non-hydrogen) atoms. The Balaban J connectivity index is 1.46. The van der Waals surface area contributed by atoms with E-state index in [0.717, 1.165) is 35.1 Å². The number of carbonyl (C=O) groups is 3. The van der Waals surface area contributed by atoms with Crippen LogP contribution in [0.1, 0.15) is 75.0 Å². The molecule has 12 nitrogen and oxygen atoms in total. The highest BCUT2D eigenvalue weighted by atomic mass is 16.5. The van der Waals surface area contributed by atoms with Crippen LogP contribution in [0.3, 0.4) is 0 Å². The lowest BCUT2D eigenvalue weighted by Crippen LogP contribution is -2.46. The molecule has 3 aromatic rings. The van der Waals surface area contributed by atoms with Gasteiger partial charge in [-0.3, -0.25) is 14.4 Å². The van der Waals surface area contributed by atoms with Gasteiger partial charge < -0.3 is 26.2 Å². The quantitative estimate of drug-likeness (QED) is 0.348. The van der Waals surface area contributed by atoms with E-state index in [-0.39, 0.29) is 24.5 Å². The molecule has 1 aromatic heterocycles. The minimum atomic E-state index is -1.09. The van der Waals surface area contributed by atoms with E-state index in [1.165, 1.54) is 4.74 Å². The van der Waals surface area contributed by atoms with Gasteiger partial charge in [0.2, 0.25) is 17.7 Å². The number of nitrogens with one attached hydrogen (secondary N) is 1. The number of carbonyl (C=O) groups excluding carboxylic acids is 3. The average molecular weight is 584 g/mol. The SMILES string of the molecule is C[C@H](CC1(c2nc(=O)on2C)c2ccc(C(N)=O)cc2CCc2cc(C(N)=O)ccc21)NCC(=O)N1C(C#N)C[C@@H]2C[C@@H]21. The number of amides is 3. The Kier molecular flexibility index (Phi) is 6.93. The number of nitrogens with zero attached hydrogens (tertiary/aromatic N) is 4. The molecule has 12 heteroatoms. The Morgan fingerprint density at radius 3 is 2.21 bits per heavy atom. The molecule has 2 heterocycles. The van der Waals surface area contributed by atoms with Crippen LogP contribution >= 0.6 is 0 Å². The molecule has 222 valence electrons. The Morgan fingerprint density at radius 1 is 1.09 bits per heavy atom. The minimum Gasteiger partial charge on any atom is -0.366 e. The minimum absolute atomic E-state index is 0.0390. The number of likely N-dealkylation sites (tertiary alicyclic amines) is 1. The van der Waals surface area contributed by atoms with E-state index in [1.54, 1.807) is 36.2 Å². The number of fused-ring (bicyclic) bond motifs is 3. The third kappa shape index (κ3) is 4.79. The standard InChI is InChI=1S/C31H33N7O5/c1-16(35-15-26(39)38-22(14-32)11-21-12-25(21)38)13-31(29-36-30(42)43-37(29)2)23-7-5-19(27(33)40)9-17(23)3-4-18-10-20(28(34)41)6-8-24(18)31/h5-10,16,21-22,25,35H,3-4,11-13,15H2,1-2H3,(H2,33,40)(H2,34,41)/t16-,21-,22?,25+/m1/s1. The third-order valence-electron chi connectivity index (χ3n) is 9.21. The molecule has 5 N–H and O–H groups in total. The van der Waals surface area contributed by atoms with Crippen molar-refractivity contribution in [2.75, 3.05) is 6.54 Å². The summed E-state index contributed by atoms with van der Waals surface area (Å²) in [4.78, 5) is 56.1. The fraction of sp³-hybridized carbons (Fsp3) is 0.419. The van der Waals surface area contributed by atoms with Crippen molar-refractivity contribution in [2.45, 2.75) is 62.6 Å². The lowest BCUT2D eigenvalue weighted by molar-refractivity contribution is -0.131. The van der Waals surface area contributed by atoms with Crippen molar-refractivity contribution in [1.29, 1.82) is 5.26 Å². The topological polar surface area (TPSA) is 190 Å². The van der Waals surface area contributed by atoms with Crippen molar-refractivity contribution in [3.8, 4) is 6.07 Å². The van der Waals surface area contributed by atoms with Crippen LogP contribution in [0, 0.1) is 17.2 Å². The summed E-state index contributed by atoms with van der Waals surface area (Å²) in [7, 11) is 1.61. The Morgan fingerprint density at radius 2 is 1.70 bits per heavy atom. The Bertz CT molecular complexity index is 1690. The maximum absolute atomic E-state index is 13.3. The van der Waals surface area contributed by atoms with E-state index in [4.69, 9.17) is 16.0 Å². The molecule has 0 bridgehead atoms. The van der Waals surface area contributed by atoms with E-state index in [1.807, 2.05) is 19.1 Å². The zero-order valence-electron chi connectivity index (χ0n) is 24.0. The summed E-state index contributed by atoms with van der Waals surface area (Å²) in [6.07, 6.45) is 3.04. The number of aromatic nitrogens is 2. The first-order valence-corrected chi connectivity index (χ1v) is 14.4. The van der Waals surface area contributed by atoms with Crippen LogP contribution in [0.5, 0.6) is 0 Å². The number of primary amides is 2. The maximum Gasteiger partial charge on any atom is 0.459 e. The molecule has 0 spiro atoms. The van der Waals surface area contributed by atoms with Gasteiger partial charge in [-0.2, -0.15) is 15.0 Å². The number of benzene rings is 2. The summed E-state index contributed by atoms with van der Waals surface area (Å²) in [6, 6.07) is 12.2. The van der Waals surface area contributed by atoms with Crippen LogP contribution < -0.4 is 22.5 Å². The lowest BCUT2D eigenvalue weighted by Gasteiger charge is -2.37. The molecular weight excluding hydrogens is 550 g/mol. The van der Waals surface area contributed by atoms with Crippen LogP contribution in [0.2, 0.25) is 0 Å². The smallest absolute Gasteiger partial charge is 0.366 e. The van der Waals surface area contributed by atoms with Gasteiger partial charge in [0.05, 0.1) is 18.0 Å². The molecule has 0 radical (unpaired) electrons. The first kappa shape index (κ1) is 28.4. The fourth-order valence-corrected chi connectivity index (χ4v) is 7.22. The number of hydrogen-bond acceptors (Lipinski definition) is 8. The first-order chi connectivity index (χ1) is 20.5. The van der Waals surface area contributed by atoms with Crippen molar-refractivity contribution in [3.63, 3.8) is 0 Å². The zero-order chi connectivity index (χ0) is 30.6. The van der Waals surface area contributed by atoms with E-state index in [2.05, 4.69) is 16.4 Å². The van der Waals surface area contributed by atoms with Crippen molar-refractivity contribution < 1.29 is 18.9 Å². The summed E-state index contributed by atoms with van der Waals surface area (Å²) in [5.41, 5.74) is 14.1. The van der Waals surface area contributed by atoms with Crippen molar-refractivity contribution in [1.82, 2.24) is 19.9 Å². The fourth-order valence-electron chi connectivity index (χ4n) is 7.22. The molecule has 3 aliphatic rings. The van der Waals surface area contributed by atoms with E-state index >= 15 is 0 Å². The number of piperidine rings is 1. The molecule has 1 saturated carbocycles. The van der Waals surface area contributed by atoms with Crippen LogP contribution in [0.25, 0.3) is 0 Å². The molecule has 3 amide bonds. The van der Waals surface area contributed by atoms with Crippen molar-refractivity contribution in [3.05, 3.63) is 86.2 Å². The number of nitrogens with two attached hydrogens (primary N) is 2. The molecule has 2 aliphatic carbocycles. The highest BCUT2D eigenvalue weighted by Gasteiger charge is 2.54. The number of rotatable bonds is 8. The van der Waals surface area contributed by atoms with E-state index < -0.39 is 29.0 Å². The normalized spacial score (nSPS) is 22.0. The van der Waals surface area contributed by atoms with Gasteiger partial charge in [0, 0.05) is 30.3 Å². The predicted octanol–water partition coefficient (Wildman–Crippen LogP) is 0.885. The maximum atomic E-state index is 13.3. The second-order valence-electron chi connectivity index (χ2n) is 11.9. The molecule has 2 aromatic carbocycles. The predicted molar refractivity (Wildman–Crippen MR) is 154 cm³/mol. The van der Waals surface area contributed by atoms with Crippen LogP contribution in [0.15, 0.2) is 45.7 Å². The molecule has 1 unspecified atom stereocenters. The van der Waals surface area contributed by atoms with Crippen LogP contribution in [-0.2, 0) is 30.1 Å². The second kappa shape index (κ2) is 10.5. The summed E-state index contributed by atoms with van der Waals surface area (Å²) < 4.78 is 6.71. The lowest BCUT2D eigenvalue weighted by atomic mass is 9.67. The van der Waals surface area contributed by atoms with Crippen LogP contribution in [-0.4, -0.2) is 57.0 Å². The summed E-state index contributed by atoms with van der Waals surface area (Å²) >= 11 is 0. The molecule has 1 saturated heterocycles. The van der Waals surface area contributed by atoms with Gasteiger partial charge in [-0.25, -0.2) is 4.79 Å². The second-order valence-corrected chi connectivity index (χ2v) is 11.9. The zero-order valence-corrected chi connectivity index (χ0v) is 24.0. The van der Waals surface area contributed by atoms with E-state index in [0.29, 0.717) is 42.1 Å². The molecule has 1 aliphatic heterocycles.